The predicted molar refractivity (Wildman–Crippen MR) is 71.8 cm³/mol. The maximum atomic E-state index is 5.60. The lowest BCUT2D eigenvalue weighted by molar-refractivity contribution is 0.0192. The SMILES string of the molecule is COC(CC(C(C)C)N(C)C(C)C)C(C)C. The molecule has 0 aliphatic heterocycles. The Morgan fingerprint density at radius 2 is 1.44 bits per heavy atom. The molecule has 0 saturated heterocycles. The zero-order chi connectivity index (χ0) is 12.9. The highest BCUT2D eigenvalue weighted by Crippen LogP contribution is 2.21. The van der Waals surface area contributed by atoms with Crippen LogP contribution in [0.5, 0.6) is 0 Å². The van der Waals surface area contributed by atoms with Crippen LogP contribution in [0.25, 0.3) is 0 Å². The molecule has 2 heteroatoms. The van der Waals surface area contributed by atoms with E-state index in [-0.39, 0.29) is 0 Å². The van der Waals surface area contributed by atoms with E-state index < -0.39 is 0 Å². The molecule has 0 N–H and O–H groups in total. The van der Waals surface area contributed by atoms with Crippen LogP contribution < -0.4 is 0 Å². The molecule has 0 aliphatic carbocycles. The highest BCUT2D eigenvalue weighted by atomic mass is 16.5. The first-order valence-corrected chi connectivity index (χ1v) is 6.55. The lowest BCUT2D eigenvalue weighted by atomic mass is 9.91. The largest absolute Gasteiger partial charge is 0.381 e. The molecule has 0 amide bonds. The molecular weight excluding hydrogens is 198 g/mol. The molecule has 2 unspecified atom stereocenters. The lowest BCUT2D eigenvalue weighted by Crippen LogP contribution is -2.43. The topological polar surface area (TPSA) is 12.5 Å². The van der Waals surface area contributed by atoms with Gasteiger partial charge in [0, 0.05) is 19.2 Å². The minimum absolute atomic E-state index is 0.369. The molecule has 0 aromatic rings. The predicted octanol–water partition coefficient (Wildman–Crippen LogP) is 3.41. The summed E-state index contributed by atoms with van der Waals surface area (Å²) in [5, 5.41) is 0. The van der Waals surface area contributed by atoms with Gasteiger partial charge < -0.3 is 9.64 Å². The van der Waals surface area contributed by atoms with Gasteiger partial charge in [0.2, 0.25) is 0 Å². The molecule has 2 atom stereocenters. The maximum Gasteiger partial charge on any atom is 0.0609 e. The third-order valence-corrected chi connectivity index (χ3v) is 3.63. The molecule has 0 aromatic carbocycles. The van der Waals surface area contributed by atoms with Crippen LogP contribution >= 0.6 is 0 Å². The second-order valence-corrected chi connectivity index (χ2v) is 5.82. The van der Waals surface area contributed by atoms with Crippen LogP contribution in [0.15, 0.2) is 0 Å². The van der Waals surface area contributed by atoms with E-state index >= 15 is 0 Å². The second-order valence-electron chi connectivity index (χ2n) is 5.82. The molecule has 0 saturated carbocycles. The smallest absolute Gasteiger partial charge is 0.0609 e. The van der Waals surface area contributed by atoms with Crippen LogP contribution in [0.3, 0.4) is 0 Å². The van der Waals surface area contributed by atoms with Gasteiger partial charge in [-0.2, -0.15) is 0 Å². The number of rotatable bonds is 7. The molecule has 0 radical (unpaired) electrons. The van der Waals surface area contributed by atoms with Crippen molar-refractivity contribution >= 4 is 0 Å². The zero-order valence-corrected chi connectivity index (χ0v) is 12.4. The minimum Gasteiger partial charge on any atom is -0.381 e. The Hall–Kier alpha value is -0.0800. The van der Waals surface area contributed by atoms with Gasteiger partial charge in [-0.3, -0.25) is 0 Å². The number of methoxy groups -OCH3 is 1. The van der Waals surface area contributed by atoms with Crippen molar-refractivity contribution in [2.75, 3.05) is 14.2 Å². The van der Waals surface area contributed by atoms with Gasteiger partial charge in [-0.05, 0) is 39.2 Å². The van der Waals surface area contributed by atoms with Gasteiger partial charge in [-0.15, -0.1) is 0 Å². The van der Waals surface area contributed by atoms with E-state index in [1.54, 1.807) is 0 Å². The standard InChI is InChI=1S/C14H31NO/c1-10(2)13(15(7)12(5)6)9-14(16-8)11(3)4/h10-14H,9H2,1-8H3. The van der Waals surface area contributed by atoms with Gasteiger partial charge in [-0.25, -0.2) is 0 Å². The first-order valence-electron chi connectivity index (χ1n) is 6.55. The third-order valence-electron chi connectivity index (χ3n) is 3.63. The zero-order valence-electron chi connectivity index (χ0n) is 12.4. The van der Waals surface area contributed by atoms with Crippen molar-refractivity contribution in [3.05, 3.63) is 0 Å². The Kier molecular flexibility index (Phi) is 7.25. The normalized spacial score (nSPS) is 16.5. The Labute approximate surface area is 102 Å². The van der Waals surface area contributed by atoms with Gasteiger partial charge in [-0.1, -0.05) is 27.7 Å². The van der Waals surface area contributed by atoms with Gasteiger partial charge in [0.1, 0.15) is 0 Å². The third kappa shape index (κ3) is 4.84. The lowest BCUT2D eigenvalue weighted by Gasteiger charge is -2.37. The summed E-state index contributed by atoms with van der Waals surface area (Å²) in [4.78, 5) is 2.47. The molecule has 0 aromatic heterocycles. The highest BCUT2D eigenvalue weighted by molar-refractivity contribution is 4.79. The molecule has 16 heavy (non-hydrogen) atoms. The van der Waals surface area contributed by atoms with Gasteiger partial charge in [0.25, 0.3) is 0 Å². The van der Waals surface area contributed by atoms with E-state index in [2.05, 4.69) is 53.5 Å². The molecular formula is C14H31NO. The first-order chi connectivity index (χ1) is 7.31. The van der Waals surface area contributed by atoms with E-state index in [0.29, 0.717) is 30.0 Å². The summed E-state index contributed by atoms with van der Waals surface area (Å²) in [6.07, 6.45) is 1.49. The molecule has 0 bridgehead atoms. The van der Waals surface area contributed by atoms with Gasteiger partial charge in [0.15, 0.2) is 0 Å². The fraction of sp³-hybridized carbons (Fsp3) is 1.00. The molecule has 2 nitrogen and oxygen atoms in total. The maximum absolute atomic E-state index is 5.60. The highest BCUT2D eigenvalue weighted by Gasteiger charge is 2.25. The Morgan fingerprint density at radius 3 is 1.69 bits per heavy atom. The monoisotopic (exact) mass is 229 g/mol. The molecule has 0 aliphatic rings. The Balaban J connectivity index is 4.55. The second kappa shape index (κ2) is 7.29. The summed E-state index contributed by atoms with van der Waals surface area (Å²) in [7, 11) is 4.06. The fourth-order valence-corrected chi connectivity index (χ4v) is 2.17. The quantitative estimate of drug-likeness (QED) is 0.663. The van der Waals surface area contributed by atoms with Crippen molar-refractivity contribution in [2.24, 2.45) is 11.8 Å². The minimum atomic E-state index is 0.369. The average molecular weight is 229 g/mol. The van der Waals surface area contributed by atoms with E-state index in [4.69, 9.17) is 4.74 Å². The summed E-state index contributed by atoms with van der Waals surface area (Å²) in [5.41, 5.74) is 0. The van der Waals surface area contributed by atoms with Crippen LogP contribution in [0.2, 0.25) is 0 Å². The van der Waals surface area contributed by atoms with Crippen molar-refractivity contribution in [1.82, 2.24) is 4.90 Å². The van der Waals surface area contributed by atoms with Gasteiger partial charge >= 0.3 is 0 Å². The first kappa shape index (κ1) is 15.9. The summed E-state index contributed by atoms with van der Waals surface area (Å²) in [6.45, 7) is 13.6. The molecule has 0 heterocycles. The summed E-state index contributed by atoms with van der Waals surface area (Å²) < 4.78 is 5.60. The van der Waals surface area contributed by atoms with Crippen molar-refractivity contribution in [2.45, 2.75) is 66.2 Å². The van der Waals surface area contributed by atoms with Crippen molar-refractivity contribution < 1.29 is 4.74 Å². The number of ether oxygens (including phenoxy) is 1. The van der Waals surface area contributed by atoms with E-state index in [9.17, 15) is 0 Å². The Morgan fingerprint density at radius 1 is 0.938 bits per heavy atom. The molecule has 0 rings (SSSR count). The van der Waals surface area contributed by atoms with E-state index in [1.165, 1.54) is 0 Å². The van der Waals surface area contributed by atoms with Crippen LogP contribution in [-0.2, 0) is 4.74 Å². The number of hydrogen-bond acceptors (Lipinski definition) is 2. The number of nitrogens with zero attached hydrogens (tertiary/aromatic N) is 1. The van der Waals surface area contributed by atoms with Crippen LogP contribution in [-0.4, -0.2) is 37.2 Å². The fourth-order valence-electron chi connectivity index (χ4n) is 2.17. The summed E-state index contributed by atoms with van der Waals surface area (Å²) in [6, 6.07) is 1.20. The van der Waals surface area contributed by atoms with Crippen LogP contribution in [0, 0.1) is 11.8 Å². The number of hydrogen-bond donors (Lipinski definition) is 0. The average Bonchev–Trinajstić information content (AvgIpc) is 2.17. The Bertz CT molecular complexity index is 178. The molecule has 98 valence electrons. The van der Waals surface area contributed by atoms with E-state index in [1.807, 2.05) is 7.11 Å². The van der Waals surface area contributed by atoms with Crippen molar-refractivity contribution in [3.8, 4) is 0 Å². The summed E-state index contributed by atoms with van der Waals surface area (Å²) >= 11 is 0. The molecule has 0 fully saturated rings. The van der Waals surface area contributed by atoms with Crippen LogP contribution in [0.4, 0.5) is 0 Å². The van der Waals surface area contributed by atoms with Crippen molar-refractivity contribution in [1.29, 1.82) is 0 Å². The van der Waals surface area contributed by atoms with Gasteiger partial charge in [0.05, 0.1) is 6.10 Å². The van der Waals surface area contributed by atoms with E-state index in [0.717, 1.165) is 6.42 Å². The van der Waals surface area contributed by atoms with Crippen LogP contribution in [0.1, 0.15) is 48.0 Å². The van der Waals surface area contributed by atoms with Crippen molar-refractivity contribution in [3.63, 3.8) is 0 Å². The molecule has 0 spiro atoms. The summed E-state index contributed by atoms with van der Waals surface area (Å²) in [5.74, 6) is 1.26.